The average Bonchev–Trinajstić information content (AvgIpc) is 2.17. The zero-order valence-electron chi connectivity index (χ0n) is 7.21. The fourth-order valence-electron chi connectivity index (χ4n) is 1.41. The molecule has 0 N–H and O–H groups in total. The third-order valence-corrected chi connectivity index (χ3v) is 2.05. The lowest BCUT2D eigenvalue weighted by Gasteiger charge is -2.16. The van der Waals surface area contributed by atoms with Gasteiger partial charge in [0.2, 0.25) is 0 Å². The first kappa shape index (κ1) is 8.70. The Morgan fingerprint density at radius 1 is 1.50 bits per heavy atom. The normalized spacial score (nSPS) is 14.1. The topological polar surface area (TPSA) is 50.1 Å². The lowest BCUT2D eigenvalue weighted by atomic mass is 10.0. The molecule has 0 amide bonds. The lowest BCUT2D eigenvalue weighted by Crippen LogP contribution is -2.17. The summed E-state index contributed by atoms with van der Waals surface area (Å²) in [7, 11) is 0. The van der Waals surface area contributed by atoms with Gasteiger partial charge in [0.05, 0.1) is 23.8 Å². The van der Waals surface area contributed by atoms with E-state index in [0.29, 0.717) is 0 Å². The van der Waals surface area contributed by atoms with Gasteiger partial charge < -0.3 is 4.74 Å². The van der Waals surface area contributed by atoms with Crippen molar-refractivity contribution < 1.29 is 13.9 Å². The smallest absolute Gasteiger partial charge is 0.172 e. The summed E-state index contributed by atoms with van der Waals surface area (Å²) < 4.78 is 18.4. The molecule has 0 spiro atoms. The van der Waals surface area contributed by atoms with E-state index in [1.807, 2.05) is 0 Å². The summed E-state index contributed by atoms with van der Waals surface area (Å²) in [5.41, 5.74) is 0.131. The summed E-state index contributed by atoms with van der Waals surface area (Å²) in [6, 6.07) is 4.23. The largest absolute Gasteiger partial charge is 0.492 e. The molecule has 2 rings (SSSR count). The molecule has 1 aromatic carbocycles. The van der Waals surface area contributed by atoms with Gasteiger partial charge in [-0.05, 0) is 12.1 Å². The minimum absolute atomic E-state index is 0.0322. The maximum Gasteiger partial charge on any atom is 0.172 e. The molecule has 0 saturated heterocycles. The van der Waals surface area contributed by atoms with Crippen LogP contribution < -0.4 is 4.74 Å². The number of nitrogens with zero attached hydrogens (tertiary/aromatic N) is 1. The van der Waals surface area contributed by atoms with E-state index < -0.39 is 5.82 Å². The number of ether oxygens (including phenoxy) is 1. The minimum Gasteiger partial charge on any atom is -0.492 e. The molecular weight excluding hydrogens is 185 g/mol. The first-order valence-electron chi connectivity index (χ1n) is 4.12. The molecule has 0 aliphatic carbocycles. The maximum atomic E-state index is 13.3. The Labute approximate surface area is 79.7 Å². The van der Waals surface area contributed by atoms with Crippen molar-refractivity contribution >= 4 is 5.78 Å². The molecular formula is C10H6FNO2. The van der Waals surface area contributed by atoms with E-state index in [4.69, 9.17) is 10.00 Å². The first-order chi connectivity index (χ1) is 6.72. The standard InChI is InChI=1S/C10H6FNO2/c11-7-3-6(5-12)4-9-10(7)8(13)1-2-14-9/h3-4H,1-2H2. The number of carbonyl (C=O) groups is 1. The highest BCUT2D eigenvalue weighted by atomic mass is 19.1. The number of Topliss-reactive ketones (excluding diaryl/α,β-unsaturated/α-hetero) is 1. The Hall–Kier alpha value is -1.89. The Morgan fingerprint density at radius 2 is 2.29 bits per heavy atom. The van der Waals surface area contributed by atoms with Gasteiger partial charge in [-0.1, -0.05) is 0 Å². The van der Waals surface area contributed by atoms with Gasteiger partial charge in [0, 0.05) is 6.42 Å². The fourth-order valence-corrected chi connectivity index (χ4v) is 1.41. The van der Waals surface area contributed by atoms with Gasteiger partial charge in [-0.25, -0.2) is 4.39 Å². The Bertz CT molecular complexity index is 448. The third kappa shape index (κ3) is 1.23. The minimum atomic E-state index is -0.677. The summed E-state index contributed by atoms with van der Waals surface area (Å²) in [4.78, 5) is 11.3. The van der Waals surface area contributed by atoms with Crippen molar-refractivity contribution in [3.05, 3.63) is 29.1 Å². The SMILES string of the molecule is N#Cc1cc(F)c2c(c1)OCCC2=O. The predicted molar refractivity (Wildman–Crippen MR) is 45.6 cm³/mol. The molecule has 3 nitrogen and oxygen atoms in total. The highest BCUT2D eigenvalue weighted by molar-refractivity contribution is 6.00. The van der Waals surface area contributed by atoms with Gasteiger partial charge in [-0.2, -0.15) is 5.26 Å². The van der Waals surface area contributed by atoms with Crippen LogP contribution in [0.1, 0.15) is 22.3 Å². The second-order valence-corrected chi connectivity index (χ2v) is 2.96. The monoisotopic (exact) mass is 191 g/mol. The van der Waals surface area contributed by atoms with Gasteiger partial charge in [0.1, 0.15) is 11.6 Å². The van der Waals surface area contributed by atoms with Crippen LogP contribution in [0.3, 0.4) is 0 Å². The van der Waals surface area contributed by atoms with Crippen molar-refractivity contribution in [2.45, 2.75) is 6.42 Å². The molecule has 1 aliphatic rings. The van der Waals surface area contributed by atoms with Crippen LogP contribution in [0.2, 0.25) is 0 Å². The molecule has 0 fully saturated rings. The molecule has 0 bridgehead atoms. The van der Waals surface area contributed by atoms with Crippen LogP contribution in [0.4, 0.5) is 4.39 Å². The number of hydrogen-bond acceptors (Lipinski definition) is 3. The van der Waals surface area contributed by atoms with Crippen LogP contribution in [0.5, 0.6) is 5.75 Å². The Morgan fingerprint density at radius 3 is 3.00 bits per heavy atom. The van der Waals surface area contributed by atoms with Crippen LogP contribution >= 0.6 is 0 Å². The van der Waals surface area contributed by atoms with Crippen LogP contribution in [0, 0.1) is 17.1 Å². The van der Waals surface area contributed by atoms with E-state index in [-0.39, 0.29) is 35.7 Å². The molecule has 1 aliphatic heterocycles. The maximum absolute atomic E-state index is 13.3. The third-order valence-electron chi connectivity index (χ3n) is 2.05. The van der Waals surface area contributed by atoms with E-state index >= 15 is 0 Å². The highest BCUT2D eigenvalue weighted by Gasteiger charge is 2.23. The molecule has 0 atom stereocenters. The molecule has 1 heterocycles. The van der Waals surface area contributed by atoms with Crippen LogP contribution in [0.15, 0.2) is 12.1 Å². The molecule has 14 heavy (non-hydrogen) atoms. The van der Waals surface area contributed by atoms with E-state index in [0.717, 1.165) is 6.07 Å². The summed E-state index contributed by atoms with van der Waals surface area (Å²) in [5.74, 6) is -0.769. The van der Waals surface area contributed by atoms with Crippen molar-refractivity contribution in [1.29, 1.82) is 5.26 Å². The van der Waals surface area contributed by atoms with E-state index in [2.05, 4.69) is 0 Å². The molecule has 0 radical (unpaired) electrons. The van der Waals surface area contributed by atoms with Gasteiger partial charge in [0.25, 0.3) is 0 Å². The number of carbonyl (C=O) groups excluding carboxylic acids is 1. The van der Waals surface area contributed by atoms with Crippen molar-refractivity contribution in [3.8, 4) is 11.8 Å². The van der Waals surface area contributed by atoms with Crippen LogP contribution in [-0.4, -0.2) is 12.4 Å². The van der Waals surface area contributed by atoms with Gasteiger partial charge >= 0.3 is 0 Å². The van der Waals surface area contributed by atoms with Crippen molar-refractivity contribution in [2.24, 2.45) is 0 Å². The molecule has 0 unspecified atom stereocenters. The number of halogens is 1. The number of fused-ring (bicyclic) bond motifs is 1. The zero-order valence-corrected chi connectivity index (χ0v) is 7.21. The average molecular weight is 191 g/mol. The van der Waals surface area contributed by atoms with Gasteiger partial charge in [-0.3, -0.25) is 4.79 Å². The molecule has 0 saturated carbocycles. The molecule has 1 aromatic rings. The summed E-state index contributed by atoms with van der Waals surface area (Å²) in [5, 5.41) is 8.57. The lowest BCUT2D eigenvalue weighted by molar-refractivity contribution is 0.0928. The number of hydrogen-bond donors (Lipinski definition) is 0. The number of ketones is 1. The van der Waals surface area contributed by atoms with Crippen LogP contribution in [-0.2, 0) is 0 Å². The van der Waals surface area contributed by atoms with Gasteiger partial charge in [-0.15, -0.1) is 0 Å². The van der Waals surface area contributed by atoms with E-state index in [9.17, 15) is 9.18 Å². The van der Waals surface area contributed by atoms with E-state index in [1.165, 1.54) is 6.07 Å². The number of benzene rings is 1. The quantitative estimate of drug-likeness (QED) is 0.626. The molecule has 4 heteroatoms. The molecule has 70 valence electrons. The van der Waals surface area contributed by atoms with Crippen molar-refractivity contribution in [3.63, 3.8) is 0 Å². The second kappa shape index (κ2) is 3.11. The second-order valence-electron chi connectivity index (χ2n) is 2.96. The highest BCUT2D eigenvalue weighted by Crippen LogP contribution is 2.28. The summed E-state index contributed by atoms with van der Waals surface area (Å²) in [6.07, 6.45) is 0.190. The van der Waals surface area contributed by atoms with Crippen molar-refractivity contribution in [2.75, 3.05) is 6.61 Å². The predicted octanol–water partition coefficient (Wildman–Crippen LogP) is 1.66. The number of rotatable bonds is 0. The molecule has 0 aromatic heterocycles. The van der Waals surface area contributed by atoms with Gasteiger partial charge in [0.15, 0.2) is 5.78 Å². The summed E-state index contributed by atoms with van der Waals surface area (Å²) >= 11 is 0. The van der Waals surface area contributed by atoms with E-state index in [1.54, 1.807) is 6.07 Å². The zero-order chi connectivity index (χ0) is 10.1. The summed E-state index contributed by atoms with van der Waals surface area (Å²) in [6.45, 7) is 0.250. The first-order valence-corrected chi connectivity index (χ1v) is 4.12. The van der Waals surface area contributed by atoms with Crippen molar-refractivity contribution in [1.82, 2.24) is 0 Å². The van der Waals surface area contributed by atoms with Crippen LogP contribution in [0.25, 0.3) is 0 Å². The Kier molecular flexibility index (Phi) is 1.93. The fraction of sp³-hybridized carbons (Fsp3) is 0.200. The number of nitriles is 1. The Balaban J connectivity index is 2.64.